The summed E-state index contributed by atoms with van der Waals surface area (Å²) in [5, 5.41) is 5.68. The predicted molar refractivity (Wildman–Crippen MR) is 133 cm³/mol. The SMILES string of the molecule is C=Cc1cccc(C(C(=O)NC(C)C)N(CC)C(=O)C(NC(=O)OC(C)(C)C)C(C)CC)c1. The summed E-state index contributed by atoms with van der Waals surface area (Å²) in [5.74, 6) is -0.764. The maximum absolute atomic E-state index is 13.8. The van der Waals surface area contributed by atoms with E-state index in [1.54, 1.807) is 26.8 Å². The molecule has 0 bridgehead atoms. The van der Waals surface area contributed by atoms with Gasteiger partial charge in [0.1, 0.15) is 17.7 Å². The fourth-order valence-corrected chi connectivity index (χ4v) is 3.45. The number of carbonyl (C=O) groups is 3. The Hall–Kier alpha value is -2.83. The first-order valence-electron chi connectivity index (χ1n) is 11.7. The number of alkyl carbamates (subject to hydrolysis) is 1. The molecule has 0 spiro atoms. The van der Waals surface area contributed by atoms with Gasteiger partial charge in [-0.05, 0) is 64.7 Å². The van der Waals surface area contributed by atoms with Crippen molar-refractivity contribution in [2.24, 2.45) is 5.92 Å². The van der Waals surface area contributed by atoms with E-state index in [4.69, 9.17) is 4.74 Å². The molecule has 0 radical (unpaired) electrons. The minimum Gasteiger partial charge on any atom is -0.444 e. The molecule has 0 aliphatic rings. The maximum Gasteiger partial charge on any atom is 0.408 e. The number of nitrogens with zero attached hydrogens (tertiary/aromatic N) is 1. The second kappa shape index (κ2) is 12.4. The number of rotatable bonds is 10. The Kier molecular flexibility index (Phi) is 10.6. The summed E-state index contributed by atoms with van der Waals surface area (Å²) < 4.78 is 5.39. The molecular weight excluding hydrogens is 418 g/mol. The third-order valence-corrected chi connectivity index (χ3v) is 5.23. The van der Waals surface area contributed by atoms with Crippen LogP contribution in [0.1, 0.15) is 79.0 Å². The van der Waals surface area contributed by atoms with Gasteiger partial charge in [0.15, 0.2) is 0 Å². The van der Waals surface area contributed by atoms with Gasteiger partial charge in [-0.25, -0.2) is 4.79 Å². The Labute approximate surface area is 198 Å². The normalized spacial score (nSPS) is 14.1. The second-order valence-electron chi connectivity index (χ2n) is 9.57. The smallest absolute Gasteiger partial charge is 0.408 e. The molecule has 184 valence electrons. The monoisotopic (exact) mass is 459 g/mol. The number of benzene rings is 1. The zero-order valence-corrected chi connectivity index (χ0v) is 21.4. The third kappa shape index (κ3) is 8.56. The summed E-state index contributed by atoms with van der Waals surface area (Å²) in [7, 11) is 0. The average Bonchev–Trinajstić information content (AvgIpc) is 2.72. The molecule has 7 heteroatoms. The van der Waals surface area contributed by atoms with E-state index in [9.17, 15) is 14.4 Å². The topological polar surface area (TPSA) is 87.7 Å². The molecule has 7 nitrogen and oxygen atoms in total. The fourth-order valence-electron chi connectivity index (χ4n) is 3.45. The van der Waals surface area contributed by atoms with Crippen LogP contribution in [0.25, 0.3) is 6.08 Å². The molecule has 1 rings (SSSR count). The minimum atomic E-state index is -0.850. The van der Waals surface area contributed by atoms with Crippen molar-refractivity contribution in [2.45, 2.75) is 85.5 Å². The Morgan fingerprint density at radius 2 is 1.76 bits per heavy atom. The van der Waals surface area contributed by atoms with Gasteiger partial charge in [-0.3, -0.25) is 9.59 Å². The highest BCUT2D eigenvalue weighted by atomic mass is 16.6. The van der Waals surface area contributed by atoms with Crippen LogP contribution in [-0.2, 0) is 14.3 Å². The largest absolute Gasteiger partial charge is 0.444 e. The van der Waals surface area contributed by atoms with Crippen molar-refractivity contribution >= 4 is 24.0 Å². The maximum atomic E-state index is 13.8. The van der Waals surface area contributed by atoms with Gasteiger partial charge in [0.2, 0.25) is 11.8 Å². The molecule has 3 unspecified atom stereocenters. The molecule has 0 aliphatic carbocycles. The van der Waals surface area contributed by atoms with E-state index in [0.29, 0.717) is 12.0 Å². The minimum absolute atomic E-state index is 0.0957. The van der Waals surface area contributed by atoms with Crippen LogP contribution in [-0.4, -0.2) is 47.0 Å². The van der Waals surface area contributed by atoms with Crippen molar-refractivity contribution in [1.29, 1.82) is 0 Å². The summed E-state index contributed by atoms with van der Waals surface area (Å²) in [4.78, 5) is 41.1. The summed E-state index contributed by atoms with van der Waals surface area (Å²) in [5.41, 5.74) is 0.840. The van der Waals surface area contributed by atoms with Gasteiger partial charge in [0, 0.05) is 12.6 Å². The van der Waals surface area contributed by atoms with E-state index in [1.807, 2.05) is 58.9 Å². The van der Waals surface area contributed by atoms with Crippen molar-refractivity contribution in [1.82, 2.24) is 15.5 Å². The van der Waals surface area contributed by atoms with Crippen molar-refractivity contribution in [3.8, 4) is 0 Å². The molecule has 0 saturated carbocycles. The highest BCUT2D eigenvalue weighted by Crippen LogP contribution is 2.25. The molecule has 0 heterocycles. The van der Waals surface area contributed by atoms with Crippen LogP contribution in [0, 0.1) is 5.92 Å². The fraction of sp³-hybridized carbons (Fsp3) is 0.577. The quantitative estimate of drug-likeness (QED) is 0.532. The van der Waals surface area contributed by atoms with Gasteiger partial charge < -0.3 is 20.3 Å². The highest BCUT2D eigenvalue weighted by Gasteiger charge is 2.37. The lowest BCUT2D eigenvalue weighted by Gasteiger charge is -2.35. The van der Waals surface area contributed by atoms with E-state index in [2.05, 4.69) is 17.2 Å². The number of carbonyl (C=O) groups excluding carboxylic acids is 3. The number of likely N-dealkylation sites (N-methyl/N-ethyl adjacent to an activating group) is 1. The van der Waals surface area contributed by atoms with Gasteiger partial charge in [-0.1, -0.05) is 51.1 Å². The van der Waals surface area contributed by atoms with E-state index in [1.165, 1.54) is 4.90 Å². The molecule has 33 heavy (non-hydrogen) atoms. The number of nitrogens with one attached hydrogen (secondary N) is 2. The molecule has 0 aromatic heterocycles. The van der Waals surface area contributed by atoms with Crippen molar-refractivity contribution in [3.63, 3.8) is 0 Å². The van der Waals surface area contributed by atoms with Crippen LogP contribution < -0.4 is 10.6 Å². The predicted octanol–water partition coefficient (Wildman–Crippen LogP) is 4.68. The van der Waals surface area contributed by atoms with Crippen LogP contribution in [0.15, 0.2) is 30.8 Å². The van der Waals surface area contributed by atoms with Crippen molar-refractivity contribution in [2.75, 3.05) is 6.54 Å². The van der Waals surface area contributed by atoms with Crippen molar-refractivity contribution in [3.05, 3.63) is 42.0 Å². The number of hydrogen-bond acceptors (Lipinski definition) is 4. The van der Waals surface area contributed by atoms with Crippen LogP contribution in [0.4, 0.5) is 4.79 Å². The molecule has 0 saturated heterocycles. The summed E-state index contributed by atoms with van der Waals surface area (Å²) in [6.45, 7) is 18.8. The average molecular weight is 460 g/mol. The molecule has 0 aliphatic heterocycles. The van der Waals surface area contributed by atoms with Gasteiger partial charge in [-0.2, -0.15) is 0 Å². The first-order valence-corrected chi connectivity index (χ1v) is 11.7. The first kappa shape index (κ1) is 28.2. The summed E-state index contributed by atoms with van der Waals surface area (Å²) in [6, 6.07) is 5.63. The Bertz CT molecular complexity index is 829. The molecule has 1 aromatic rings. The molecule has 1 aromatic carbocycles. The van der Waals surface area contributed by atoms with Gasteiger partial charge in [0.25, 0.3) is 0 Å². The lowest BCUT2D eigenvalue weighted by Crippen LogP contribution is -2.55. The first-order chi connectivity index (χ1) is 15.3. The lowest BCUT2D eigenvalue weighted by molar-refractivity contribution is -0.143. The van der Waals surface area contributed by atoms with Gasteiger partial charge in [0.05, 0.1) is 0 Å². The molecule has 0 fully saturated rings. The number of hydrogen-bond donors (Lipinski definition) is 2. The third-order valence-electron chi connectivity index (χ3n) is 5.23. The van der Waals surface area contributed by atoms with E-state index >= 15 is 0 Å². The van der Waals surface area contributed by atoms with Crippen LogP contribution in [0.2, 0.25) is 0 Å². The summed E-state index contributed by atoms with van der Waals surface area (Å²) in [6.07, 6.45) is 1.71. The van der Waals surface area contributed by atoms with Crippen molar-refractivity contribution < 1.29 is 19.1 Å². The molecule has 3 atom stereocenters. The zero-order valence-electron chi connectivity index (χ0n) is 21.4. The Balaban J connectivity index is 3.42. The van der Waals surface area contributed by atoms with Gasteiger partial charge in [-0.15, -0.1) is 0 Å². The summed E-state index contributed by atoms with van der Waals surface area (Å²) >= 11 is 0. The van der Waals surface area contributed by atoms with Gasteiger partial charge >= 0.3 is 6.09 Å². The number of amides is 3. The molecule has 3 amide bonds. The van der Waals surface area contributed by atoms with Crippen LogP contribution >= 0.6 is 0 Å². The zero-order chi connectivity index (χ0) is 25.3. The van der Waals surface area contributed by atoms with E-state index < -0.39 is 23.8 Å². The van der Waals surface area contributed by atoms with E-state index in [-0.39, 0.29) is 30.3 Å². The molecule has 2 N–H and O–H groups in total. The Morgan fingerprint density at radius 3 is 2.24 bits per heavy atom. The molecular formula is C26H41N3O4. The van der Waals surface area contributed by atoms with Crippen LogP contribution in [0.5, 0.6) is 0 Å². The van der Waals surface area contributed by atoms with E-state index in [0.717, 1.165) is 5.56 Å². The standard InChI is InChI=1S/C26H41N3O4/c1-10-18(6)21(28-25(32)33-26(7,8)9)24(31)29(12-3)22(23(30)27-17(4)5)20-15-13-14-19(11-2)16-20/h11,13-18,21-22H,2,10,12H2,1,3-9H3,(H,27,30)(H,28,32). The van der Waals surface area contributed by atoms with Crippen LogP contribution in [0.3, 0.4) is 0 Å². The lowest BCUT2D eigenvalue weighted by atomic mass is 9.95. The Morgan fingerprint density at radius 1 is 1.12 bits per heavy atom. The second-order valence-corrected chi connectivity index (χ2v) is 9.57. The number of ether oxygens (including phenoxy) is 1. The highest BCUT2D eigenvalue weighted by molar-refractivity contribution is 5.92.